The van der Waals surface area contributed by atoms with E-state index in [1.165, 1.54) is 0 Å². The fourth-order valence-corrected chi connectivity index (χ4v) is 2.32. The molecule has 1 heterocycles. The van der Waals surface area contributed by atoms with Crippen LogP contribution in [0.15, 0.2) is 18.2 Å². The first kappa shape index (κ1) is 16.3. The minimum Gasteiger partial charge on any atom is -0.496 e. The molecule has 1 aromatic rings. The van der Waals surface area contributed by atoms with Crippen LogP contribution in [0.5, 0.6) is 5.75 Å². The summed E-state index contributed by atoms with van der Waals surface area (Å²) in [6.07, 6.45) is 0. The molecule has 1 aromatic carbocycles. The van der Waals surface area contributed by atoms with Crippen molar-refractivity contribution in [3.05, 3.63) is 29.3 Å². The molecule has 0 amide bonds. The Morgan fingerprint density at radius 3 is 2.50 bits per heavy atom. The number of ether oxygens (including phenoxy) is 3. The number of benzene rings is 1. The second-order valence-corrected chi connectivity index (χ2v) is 5.45. The van der Waals surface area contributed by atoms with E-state index in [2.05, 4.69) is 13.8 Å². The van der Waals surface area contributed by atoms with Crippen molar-refractivity contribution in [1.29, 1.82) is 10.8 Å². The number of amidine groups is 1. The summed E-state index contributed by atoms with van der Waals surface area (Å²) in [5, 5.41) is 16.0. The molecular weight excluding hydrogens is 282 g/mol. The first-order chi connectivity index (χ1) is 10.5. The van der Waals surface area contributed by atoms with Gasteiger partial charge in [-0.1, -0.05) is 19.9 Å². The van der Waals surface area contributed by atoms with E-state index in [9.17, 15) is 0 Å². The van der Waals surface area contributed by atoms with Gasteiger partial charge in [0.05, 0.1) is 20.3 Å². The summed E-state index contributed by atoms with van der Waals surface area (Å²) < 4.78 is 16.0. The predicted octanol–water partition coefficient (Wildman–Crippen LogP) is 2.43. The largest absolute Gasteiger partial charge is 0.496 e. The minimum atomic E-state index is -0.0508. The summed E-state index contributed by atoms with van der Waals surface area (Å²) in [5.74, 6) is 1.02. The molecule has 0 atom stereocenters. The maximum absolute atomic E-state index is 8.05. The van der Waals surface area contributed by atoms with Crippen LogP contribution in [0.3, 0.4) is 0 Å². The maximum atomic E-state index is 8.05. The van der Waals surface area contributed by atoms with Crippen LogP contribution in [0.25, 0.3) is 0 Å². The molecule has 6 nitrogen and oxygen atoms in total. The van der Waals surface area contributed by atoms with Crippen LogP contribution < -0.4 is 4.74 Å². The van der Waals surface area contributed by atoms with Crippen molar-refractivity contribution in [2.24, 2.45) is 0 Å². The quantitative estimate of drug-likeness (QED) is 0.664. The zero-order valence-electron chi connectivity index (χ0n) is 13.3. The molecule has 0 aromatic heterocycles. The highest BCUT2D eigenvalue weighted by Crippen LogP contribution is 2.27. The predicted molar refractivity (Wildman–Crippen MR) is 85.1 cm³/mol. The molecule has 2 N–H and O–H groups in total. The van der Waals surface area contributed by atoms with Crippen molar-refractivity contribution in [3.8, 4) is 5.75 Å². The molecule has 6 heteroatoms. The van der Waals surface area contributed by atoms with Crippen molar-refractivity contribution in [3.63, 3.8) is 0 Å². The van der Waals surface area contributed by atoms with E-state index in [4.69, 9.17) is 25.0 Å². The van der Waals surface area contributed by atoms with E-state index in [1.54, 1.807) is 18.1 Å². The molecule has 0 spiro atoms. The lowest BCUT2D eigenvalue weighted by molar-refractivity contribution is 0.0605. The number of methoxy groups -OCH3 is 1. The van der Waals surface area contributed by atoms with Gasteiger partial charge >= 0.3 is 0 Å². The Kier molecular flexibility index (Phi) is 5.38. The molecule has 22 heavy (non-hydrogen) atoms. The van der Waals surface area contributed by atoms with Gasteiger partial charge in [0, 0.05) is 18.7 Å². The van der Waals surface area contributed by atoms with E-state index < -0.39 is 0 Å². The van der Waals surface area contributed by atoms with Crippen LogP contribution in [-0.2, 0) is 9.47 Å². The zero-order chi connectivity index (χ0) is 16.1. The highest BCUT2D eigenvalue weighted by Gasteiger charge is 2.18. The molecule has 0 bridgehead atoms. The number of nitrogens with zero attached hydrogens (tertiary/aromatic N) is 1. The Labute approximate surface area is 131 Å². The highest BCUT2D eigenvalue weighted by atomic mass is 16.5. The fraction of sp³-hybridized carbons (Fsp3) is 0.500. The summed E-state index contributed by atoms with van der Waals surface area (Å²) in [5.41, 5.74) is 1.68. The van der Waals surface area contributed by atoms with Gasteiger partial charge < -0.3 is 19.1 Å². The molecule has 0 saturated carbocycles. The second kappa shape index (κ2) is 7.26. The van der Waals surface area contributed by atoms with Crippen LogP contribution >= 0.6 is 0 Å². The van der Waals surface area contributed by atoms with Crippen LogP contribution in [0.1, 0.15) is 30.9 Å². The second-order valence-electron chi connectivity index (χ2n) is 5.45. The molecule has 1 aliphatic rings. The van der Waals surface area contributed by atoms with Crippen molar-refractivity contribution >= 4 is 11.9 Å². The summed E-state index contributed by atoms with van der Waals surface area (Å²) >= 11 is 0. The Bertz CT molecular complexity index is 552. The zero-order valence-corrected chi connectivity index (χ0v) is 13.3. The molecule has 0 unspecified atom stereocenters. The normalized spacial score (nSPS) is 14.8. The first-order valence-corrected chi connectivity index (χ1v) is 7.39. The van der Waals surface area contributed by atoms with Gasteiger partial charge in [0.15, 0.2) is 0 Å². The van der Waals surface area contributed by atoms with Gasteiger partial charge in [-0.2, -0.15) is 0 Å². The lowest BCUT2D eigenvalue weighted by atomic mass is 10.0. The van der Waals surface area contributed by atoms with Gasteiger partial charge in [0.1, 0.15) is 5.75 Å². The Morgan fingerprint density at radius 1 is 1.23 bits per heavy atom. The minimum absolute atomic E-state index is 0.0137. The van der Waals surface area contributed by atoms with Crippen molar-refractivity contribution < 1.29 is 14.2 Å². The molecule has 0 aliphatic carbocycles. The summed E-state index contributed by atoms with van der Waals surface area (Å²) in [6, 6.07) is 5.53. The lowest BCUT2D eigenvalue weighted by Crippen LogP contribution is -2.42. The van der Waals surface area contributed by atoms with Gasteiger partial charge in [-0.25, -0.2) is 0 Å². The standard InChI is InChI=1S/C16H23N3O3/c1-11(2)13-5-4-12(10-14(13)20-3)15(17)22-16(18)19-6-8-21-9-7-19/h4-5,10-11,17-18H,6-9H2,1-3H3. The van der Waals surface area contributed by atoms with E-state index >= 15 is 0 Å². The Balaban J connectivity index is 2.07. The van der Waals surface area contributed by atoms with E-state index in [0.29, 0.717) is 37.8 Å². The van der Waals surface area contributed by atoms with Gasteiger partial charge in [-0.05, 0) is 23.6 Å². The molecule has 1 fully saturated rings. The van der Waals surface area contributed by atoms with Gasteiger partial charge in [-0.15, -0.1) is 0 Å². The average molecular weight is 305 g/mol. The van der Waals surface area contributed by atoms with E-state index in [0.717, 1.165) is 11.3 Å². The third-order valence-corrected chi connectivity index (χ3v) is 3.61. The molecular formula is C16H23N3O3. The maximum Gasteiger partial charge on any atom is 0.291 e. The van der Waals surface area contributed by atoms with Gasteiger partial charge in [0.2, 0.25) is 5.90 Å². The fourth-order valence-electron chi connectivity index (χ4n) is 2.32. The van der Waals surface area contributed by atoms with Crippen molar-refractivity contribution in [2.75, 3.05) is 33.4 Å². The summed E-state index contributed by atoms with van der Waals surface area (Å²) in [7, 11) is 1.62. The van der Waals surface area contributed by atoms with Crippen molar-refractivity contribution in [2.45, 2.75) is 19.8 Å². The summed E-state index contributed by atoms with van der Waals surface area (Å²) in [4.78, 5) is 1.76. The molecule has 1 saturated heterocycles. The van der Waals surface area contributed by atoms with Crippen LogP contribution in [0, 0.1) is 10.8 Å². The highest BCUT2D eigenvalue weighted by molar-refractivity contribution is 5.99. The number of morpholine rings is 1. The number of hydrogen-bond acceptors (Lipinski definition) is 5. The number of rotatable bonds is 3. The third-order valence-electron chi connectivity index (χ3n) is 3.61. The van der Waals surface area contributed by atoms with Crippen molar-refractivity contribution in [1.82, 2.24) is 4.90 Å². The van der Waals surface area contributed by atoms with E-state index in [1.807, 2.05) is 12.1 Å². The first-order valence-electron chi connectivity index (χ1n) is 7.39. The SMILES string of the molecule is COc1cc(C(=N)OC(=N)N2CCOCC2)ccc1C(C)C. The Hall–Kier alpha value is -2.08. The van der Waals surface area contributed by atoms with Gasteiger partial charge in [0.25, 0.3) is 6.02 Å². The topological polar surface area (TPSA) is 78.6 Å². The van der Waals surface area contributed by atoms with Crippen LogP contribution in [-0.4, -0.2) is 50.2 Å². The molecule has 0 radical (unpaired) electrons. The molecule has 120 valence electrons. The van der Waals surface area contributed by atoms with Crippen LogP contribution in [0.2, 0.25) is 0 Å². The molecule has 2 rings (SSSR count). The number of hydrogen-bond donors (Lipinski definition) is 2. The van der Waals surface area contributed by atoms with Crippen LogP contribution in [0.4, 0.5) is 0 Å². The summed E-state index contributed by atoms with van der Waals surface area (Å²) in [6.45, 7) is 6.57. The molecule has 1 aliphatic heterocycles. The smallest absolute Gasteiger partial charge is 0.291 e. The van der Waals surface area contributed by atoms with E-state index in [-0.39, 0.29) is 11.9 Å². The number of nitrogens with one attached hydrogen (secondary N) is 2. The third kappa shape index (κ3) is 3.76. The average Bonchev–Trinajstić information content (AvgIpc) is 2.54. The Morgan fingerprint density at radius 2 is 1.91 bits per heavy atom. The lowest BCUT2D eigenvalue weighted by Gasteiger charge is -2.28. The monoisotopic (exact) mass is 305 g/mol. The van der Waals surface area contributed by atoms with Gasteiger partial charge in [-0.3, -0.25) is 10.8 Å².